The van der Waals surface area contributed by atoms with Crippen LogP contribution in [0, 0.1) is 5.92 Å². The Labute approximate surface area is 107 Å². The molecular formula is C13H18ClNO2. The molecule has 1 aromatic carbocycles. The van der Waals surface area contributed by atoms with Crippen molar-refractivity contribution in [3.05, 3.63) is 34.9 Å². The molecule has 0 fully saturated rings. The quantitative estimate of drug-likeness (QED) is 0.850. The van der Waals surface area contributed by atoms with Crippen molar-refractivity contribution in [1.29, 1.82) is 0 Å². The maximum atomic E-state index is 10.8. The molecule has 0 saturated carbocycles. The summed E-state index contributed by atoms with van der Waals surface area (Å²) in [5, 5.41) is 9.57. The van der Waals surface area contributed by atoms with Gasteiger partial charge in [0.1, 0.15) is 0 Å². The predicted octanol–water partition coefficient (Wildman–Crippen LogP) is 2.88. The summed E-state index contributed by atoms with van der Waals surface area (Å²) < 4.78 is 0. The molecule has 0 bridgehead atoms. The van der Waals surface area contributed by atoms with Crippen molar-refractivity contribution in [1.82, 2.24) is 0 Å². The molecule has 1 aromatic rings. The van der Waals surface area contributed by atoms with Crippen LogP contribution in [0.3, 0.4) is 0 Å². The second-order valence-electron chi connectivity index (χ2n) is 4.48. The van der Waals surface area contributed by atoms with Gasteiger partial charge in [-0.1, -0.05) is 37.6 Å². The molecule has 4 heteroatoms. The summed E-state index contributed by atoms with van der Waals surface area (Å²) in [6.07, 6.45) is 0.633. The summed E-state index contributed by atoms with van der Waals surface area (Å²) in [5.41, 5.74) is 6.97. The van der Waals surface area contributed by atoms with E-state index in [0.717, 1.165) is 5.56 Å². The van der Waals surface area contributed by atoms with Crippen molar-refractivity contribution >= 4 is 17.6 Å². The van der Waals surface area contributed by atoms with Gasteiger partial charge in [-0.3, -0.25) is 4.79 Å². The molecule has 0 amide bonds. The molecule has 0 aromatic heterocycles. The molecule has 3 nitrogen and oxygen atoms in total. The van der Waals surface area contributed by atoms with Gasteiger partial charge in [-0.2, -0.15) is 0 Å². The Morgan fingerprint density at radius 3 is 2.65 bits per heavy atom. The second-order valence-corrected chi connectivity index (χ2v) is 4.92. The van der Waals surface area contributed by atoms with E-state index in [2.05, 4.69) is 0 Å². The minimum Gasteiger partial charge on any atom is -0.481 e. The molecule has 3 unspecified atom stereocenters. The highest BCUT2D eigenvalue weighted by atomic mass is 35.5. The summed E-state index contributed by atoms with van der Waals surface area (Å²) in [7, 11) is 0. The van der Waals surface area contributed by atoms with Crippen molar-refractivity contribution in [2.45, 2.75) is 32.2 Å². The average Bonchev–Trinajstić information content (AvgIpc) is 2.27. The molecule has 3 atom stereocenters. The van der Waals surface area contributed by atoms with Crippen LogP contribution in [0.25, 0.3) is 0 Å². The number of aliphatic carboxylic acids is 1. The fourth-order valence-corrected chi connectivity index (χ4v) is 1.94. The van der Waals surface area contributed by atoms with Crippen molar-refractivity contribution in [3.63, 3.8) is 0 Å². The van der Waals surface area contributed by atoms with Gasteiger partial charge in [0.15, 0.2) is 0 Å². The summed E-state index contributed by atoms with van der Waals surface area (Å²) in [6, 6.07) is 7.23. The standard InChI is InChI=1S/C13H18ClNO2/c1-8(6-12(15)9(2)13(16)17)10-4-3-5-11(14)7-10/h3-5,7-9,12H,6,15H2,1-2H3,(H,16,17). The van der Waals surface area contributed by atoms with Gasteiger partial charge in [-0.05, 0) is 30.0 Å². The minimum atomic E-state index is -0.851. The number of carbonyl (C=O) groups is 1. The fraction of sp³-hybridized carbons (Fsp3) is 0.462. The van der Waals surface area contributed by atoms with Crippen molar-refractivity contribution in [2.24, 2.45) is 11.7 Å². The van der Waals surface area contributed by atoms with Gasteiger partial charge in [0.25, 0.3) is 0 Å². The van der Waals surface area contributed by atoms with Crippen LogP contribution in [-0.2, 0) is 4.79 Å². The first-order valence-electron chi connectivity index (χ1n) is 5.65. The molecule has 0 saturated heterocycles. The van der Waals surface area contributed by atoms with Crippen LogP contribution in [0.2, 0.25) is 5.02 Å². The Bertz CT molecular complexity index is 395. The third-order valence-corrected chi connectivity index (χ3v) is 3.31. The summed E-state index contributed by atoms with van der Waals surface area (Å²) in [6.45, 7) is 3.66. The van der Waals surface area contributed by atoms with Crippen molar-refractivity contribution < 1.29 is 9.90 Å². The van der Waals surface area contributed by atoms with E-state index in [1.54, 1.807) is 6.92 Å². The Morgan fingerprint density at radius 2 is 2.12 bits per heavy atom. The Balaban J connectivity index is 2.66. The van der Waals surface area contributed by atoms with E-state index in [-0.39, 0.29) is 12.0 Å². The summed E-state index contributed by atoms with van der Waals surface area (Å²) >= 11 is 5.91. The smallest absolute Gasteiger partial charge is 0.307 e. The minimum absolute atomic E-state index is 0.200. The number of hydrogen-bond donors (Lipinski definition) is 2. The zero-order chi connectivity index (χ0) is 13.0. The number of nitrogens with two attached hydrogens (primary N) is 1. The van der Waals surface area contributed by atoms with Crippen LogP contribution in [0.15, 0.2) is 24.3 Å². The zero-order valence-electron chi connectivity index (χ0n) is 10.1. The zero-order valence-corrected chi connectivity index (χ0v) is 10.8. The van der Waals surface area contributed by atoms with Gasteiger partial charge in [-0.15, -0.1) is 0 Å². The average molecular weight is 256 g/mol. The van der Waals surface area contributed by atoms with Gasteiger partial charge in [-0.25, -0.2) is 0 Å². The monoisotopic (exact) mass is 255 g/mol. The van der Waals surface area contributed by atoms with Crippen LogP contribution in [-0.4, -0.2) is 17.1 Å². The Morgan fingerprint density at radius 1 is 1.47 bits per heavy atom. The van der Waals surface area contributed by atoms with Crippen LogP contribution >= 0.6 is 11.6 Å². The first-order chi connectivity index (χ1) is 7.91. The van der Waals surface area contributed by atoms with Crippen LogP contribution in [0.4, 0.5) is 0 Å². The molecule has 1 rings (SSSR count). The van der Waals surface area contributed by atoms with E-state index in [1.807, 2.05) is 31.2 Å². The highest BCUT2D eigenvalue weighted by Crippen LogP contribution is 2.24. The number of carboxylic acids is 1. The molecule has 0 radical (unpaired) electrons. The molecule has 0 aliphatic heterocycles. The van der Waals surface area contributed by atoms with Crippen LogP contribution < -0.4 is 5.73 Å². The maximum Gasteiger partial charge on any atom is 0.307 e. The lowest BCUT2D eigenvalue weighted by molar-refractivity contribution is -0.141. The molecule has 0 aliphatic rings. The first-order valence-corrected chi connectivity index (χ1v) is 6.03. The van der Waals surface area contributed by atoms with E-state index in [0.29, 0.717) is 11.4 Å². The summed E-state index contributed by atoms with van der Waals surface area (Å²) in [5.74, 6) is -1.18. The van der Waals surface area contributed by atoms with E-state index in [1.165, 1.54) is 0 Å². The maximum absolute atomic E-state index is 10.8. The largest absolute Gasteiger partial charge is 0.481 e. The van der Waals surface area contributed by atoms with Gasteiger partial charge < -0.3 is 10.8 Å². The lowest BCUT2D eigenvalue weighted by Gasteiger charge is -2.20. The SMILES string of the molecule is CC(CC(N)C(C)C(=O)O)c1cccc(Cl)c1. The van der Waals surface area contributed by atoms with Gasteiger partial charge in [0.2, 0.25) is 0 Å². The highest BCUT2D eigenvalue weighted by Gasteiger charge is 2.22. The molecule has 0 heterocycles. The number of carboxylic acid groups (broad SMARTS) is 1. The Kier molecular flexibility index (Phi) is 4.97. The molecule has 94 valence electrons. The number of halogens is 1. The normalized spacial score (nSPS) is 16.2. The van der Waals surface area contributed by atoms with Gasteiger partial charge in [0.05, 0.1) is 5.92 Å². The third-order valence-electron chi connectivity index (χ3n) is 3.08. The van der Waals surface area contributed by atoms with E-state index in [9.17, 15) is 4.79 Å². The predicted molar refractivity (Wildman–Crippen MR) is 69.3 cm³/mol. The van der Waals surface area contributed by atoms with Crippen LogP contribution in [0.1, 0.15) is 31.7 Å². The fourth-order valence-electron chi connectivity index (χ4n) is 1.74. The van der Waals surface area contributed by atoms with Crippen molar-refractivity contribution in [3.8, 4) is 0 Å². The highest BCUT2D eigenvalue weighted by molar-refractivity contribution is 6.30. The molecule has 3 N–H and O–H groups in total. The second kappa shape index (κ2) is 6.03. The summed E-state index contributed by atoms with van der Waals surface area (Å²) in [4.78, 5) is 10.8. The number of hydrogen-bond acceptors (Lipinski definition) is 2. The lowest BCUT2D eigenvalue weighted by Crippen LogP contribution is -2.34. The van der Waals surface area contributed by atoms with Crippen molar-refractivity contribution in [2.75, 3.05) is 0 Å². The van der Waals surface area contributed by atoms with Crippen LogP contribution in [0.5, 0.6) is 0 Å². The van der Waals surface area contributed by atoms with E-state index in [4.69, 9.17) is 22.4 Å². The first kappa shape index (κ1) is 14.0. The Hall–Kier alpha value is -1.06. The van der Waals surface area contributed by atoms with E-state index >= 15 is 0 Å². The number of rotatable bonds is 5. The lowest BCUT2D eigenvalue weighted by atomic mass is 9.89. The number of benzene rings is 1. The molecule has 0 spiro atoms. The molecule has 17 heavy (non-hydrogen) atoms. The van der Waals surface area contributed by atoms with E-state index < -0.39 is 11.9 Å². The molecular weight excluding hydrogens is 238 g/mol. The third kappa shape index (κ3) is 4.02. The topological polar surface area (TPSA) is 63.3 Å². The van der Waals surface area contributed by atoms with Gasteiger partial charge >= 0.3 is 5.97 Å². The molecule has 0 aliphatic carbocycles. The van der Waals surface area contributed by atoms with Gasteiger partial charge in [0, 0.05) is 11.1 Å².